The fourth-order valence-electron chi connectivity index (χ4n) is 3.48. The molecule has 3 aromatic rings. The van der Waals surface area contributed by atoms with Crippen LogP contribution in [0.3, 0.4) is 0 Å². The molecule has 4 rings (SSSR count). The minimum atomic E-state index is 0.972. The van der Waals surface area contributed by atoms with Gasteiger partial charge in [-0.15, -0.1) is 0 Å². The van der Waals surface area contributed by atoms with Gasteiger partial charge in [0.15, 0.2) is 0 Å². The number of allylic oxidation sites excluding steroid dienone is 2. The zero-order chi connectivity index (χ0) is 18.3. The van der Waals surface area contributed by atoms with Crippen LogP contribution in [-0.4, -0.2) is 23.0 Å². The van der Waals surface area contributed by atoms with Crippen molar-refractivity contribution in [2.45, 2.75) is 12.8 Å². The molecule has 0 saturated carbocycles. The molecule has 134 valence electrons. The zero-order valence-electron chi connectivity index (χ0n) is 15.5. The third-order valence-electron chi connectivity index (χ3n) is 4.91. The minimum Gasteiger partial charge on any atom is -0.377 e. The summed E-state index contributed by atoms with van der Waals surface area (Å²) in [5.41, 5.74) is 5.74. The highest BCUT2D eigenvalue weighted by Crippen LogP contribution is 2.32. The molecule has 2 nitrogen and oxygen atoms in total. The van der Waals surface area contributed by atoms with Crippen LogP contribution in [0.2, 0.25) is 0 Å². The summed E-state index contributed by atoms with van der Waals surface area (Å²) in [6, 6.07) is 23.2. The van der Waals surface area contributed by atoms with Gasteiger partial charge >= 0.3 is 0 Å². The Labute approximate surface area is 161 Å². The largest absolute Gasteiger partial charge is 0.377 e. The first-order valence-electron chi connectivity index (χ1n) is 9.60. The lowest BCUT2D eigenvalue weighted by Crippen LogP contribution is -2.09. The summed E-state index contributed by atoms with van der Waals surface area (Å²) in [6.45, 7) is 2.35. The average Bonchev–Trinajstić information content (AvgIpc) is 3.26. The van der Waals surface area contributed by atoms with E-state index in [-0.39, 0.29) is 0 Å². The standard InChI is InChI=1S/C25H24N2/c1-3-11-21(12-4-1)24-19-23(15-7-8-16-27-17-9-10-18-27)26-20-25(24)22-13-5-2-6-14-22/h1-8,11-16,19-20H,9-10,17-18H2/b15-7+,16-8+. The zero-order valence-corrected chi connectivity index (χ0v) is 15.5. The van der Waals surface area contributed by atoms with Gasteiger partial charge in [0.05, 0.1) is 5.69 Å². The number of nitrogens with zero attached hydrogens (tertiary/aromatic N) is 2. The summed E-state index contributed by atoms with van der Waals surface area (Å²) in [6.07, 6.45) is 13.0. The summed E-state index contributed by atoms with van der Waals surface area (Å²) in [4.78, 5) is 7.04. The van der Waals surface area contributed by atoms with Crippen molar-refractivity contribution in [3.05, 3.63) is 97.0 Å². The van der Waals surface area contributed by atoms with Crippen LogP contribution in [0.25, 0.3) is 28.3 Å². The van der Waals surface area contributed by atoms with E-state index in [9.17, 15) is 0 Å². The molecular weight excluding hydrogens is 328 g/mol. The average molecular weight is 352 g/mol. The van der Waals surface area contributed by atoms with E-state index in [1.807, 2.05) is 12.3 Å². The molecule has 2 heterocycles. The van der Waals surface area contributed by atoms with Gasteiger partial charge in [-0.25, -0.2) is 0 Å². The van der Waals surface area contributed by atoms with Crippen LogP contribution in [0.4, 0.5) is 0 Å². The normalized spacial score (nSPS) is 14.4. The Morgan fingerprint density at radius 2 is 1.37 bits per heavy atom. The Balaban J connectivity index is 1.64. The lowest BCUT2D eigenvalue weighted by atomic mass is 9.95. The lowest BCUT2D eigenvalue weighted by Gasteiger charge is -2.11. The molecule has 1 aliphatic heterocycles. The maximum atomic E-state index is 4.68. The summed E-state index contributed by atoms with van der Waals surface area (Å²) < 4.78 is 0. The van der Waals surface area contributed by atoms with Gasteiger partial charge in [-0.3, -0.25) is 4.98 Å². The molecule has 0 atom stereocenters. The minimum absolute atomic E-state index is 0.972. The number of likely N-dealkylation sites (tertiary alicyclic amines) is 1. The molecule has 2 heteroatoms. The van der Waals surface area contributed by atoms with Gasteiger partial charge in [0.1, 0.15) is 0 Å². The van der Waals surface area contributed by atoms with E-state index >= 15 is 0 Å². The van der Waals surface area contributed by atoms with Gasteiger partial charge < -0.3 is 4.90 Å². The van der Waals surface area contributed by atoms with E-state index in [2.05, 4.69) is 95.0 Å². The number of hydrogen-bond donors (Lipinski definition) is 0. The Morgan fingerprint density at radius 3 is 2.04 bits per heavy atom. The van der Waals surface area contributed by atoms with Gasteiger partial charge in [0.25, 0.3) is 0 Å². The van der Waals surface area contributed by atoms with Crippen molar-refractivity contribution >= 4 is 6.08 Å². The number of rotatable bonds is 5. The molecule has 1 aromatic heterocycles. The van der Waals surface area contributed by atoms with Crippen LogP contribution in [0.1, 0.15) is 18.5 Å². The molecule has 1 aliphatic rings. The van der Waals surface area contributed by atoms with Crippen molar-refractivity contribution in [1.82, 2.24) is 9.88 Å². The molecule has 0 bridgehead atoms. The smallest absolute Gasteiger partial charge is 0.0636 e. The lowest BCUT2D eigenvalue weighted by molar-refractivity contribution is 0.468. The fraction of sp³-hybridized carbons (Fsp3) is 0.160. The molecule has 0 spiro atoms. The molecule has 27 heavy (non-hydrogen) atoms. The van der Waals surface area contributed by atoms with Crippen LogP contribution in [-0.2, 0) is 0 Å². The maximum absolute atomic E-state index is 4.68. The predicted molar refractivity (Wildman–Crippen MR) is 114 cm³/mol. The van der Waals surface area contributed by atoms with Crippen LogP contribution in [0.15, 0.2) is 91.3 Å². The molecule has 0 amide bonds. The second kappa shape index (κ2) is 8.50. The third kappa shape index (κ3) is 4.35. The number of hydrogen-bond acceptors (Lipinski definition) is 2. The molecule has 1 fully saturated rings. The molecule has 2 aromatic carbocycles. The van der Waals surface area contributed by atoms with Gasteiger partial charge in [-0.05, 0) is 54.0 Å². The van der Waals surface area contributed by atoms with E-state index in [0.29, 0.717) is 0 Å². The maximum Gasteiger partial charge on any atom is 0.0636 e. The van der Waals surface area contributed by atoms with Gasteiger partial charge in [0.2, 0.25) is 0 Å². The Hall–Kier alpha value is -3.13. The van der Waals surface area contributed by atoms with E-state index < -0.39 is 0 Å². The first kappa shape index (κ1) is 17.3. The summed E-state index contributed by atoms with van der Waals surface area (Å²) in [5, 5.41) is 0. The number of benzene rings is 2. The van der Waals surface area contributed by atoms with Gasteiger partial charge in [-0.1, -0.05) is 66.7 Å². The Kier molecular flexibility index (Phi) is 5.44. The first-order valence-corrected chi connectivity index (χ1v) is 9.60. The van der Waals surface area contributed by atoms with Crippen molar-refractivity contribution in [2.24, 2.45) is 0 Å². The van der Waals surface area contributed by atoms with Crippen molar-refractivity contribution in [2.75, 3.05) is 13.1 Å². The van der Waals surface area contributed by atoms with Crippen molar-refractivity contribution in [1.29, 1.82) is 0 Å². The van der Waals surface area contributed by atoms with E-state index in [0.717, 1.165) is 11.3 Å². The van der Waals surface area contributed by atoms with Crippen molar-refractivity contribution < 1.29 is 0 Å². The quantitative estimate of drug-likeness (QED) is 0.521. The Morgan fingerprint density at radius 1 is 0.741 bits per heavy atom. The van der Waals surface area contributed by atoms with Crippen LogP contribution >= 0.6 is 0 Å². The third-order valence-corrected chi connectivity index (χ3v) is 4.91. The molecule has 0 N–H and O–H groups in total. The molecule has 1 saturated heterocycles. The van der Waals surface area contributed by atoms with Gasteiger partial charge in [-0.2, -0.15) is 0 Å². The highest BCUT2D eigenvalue weighted by Gasteiger charge is 2.09. The van der Waals surface area contributed by atoms with E-state index in [4.69, 9.17) is 0 Å². The second-order valence-corrected chi connectivity index (χ2v) is 6.83. The first-order chi connectivity index (χ1) is 13.4. The number of aromatic nitrogens is 1. The molecule has 0 unspecified atom stereocenters. The molecular formula is C25H24N2. The fourth-order valence-corrected chi connectivity index (χ4v) is 3.48. The van der Waals surface area contributed by atoms with E-state index in [1.54, 1.807) is 0 Å². The highest BCUT2D eigenvalue weighted by atomic mass is 15.1. The highest BCUT2D eigenvalue weighted by molar-refractivity contribution is 5.83. The summed E-state index contributed by atoms with van der Waals surface area (Å²) in [7, 11) is 0. The van der Waals surface area contributed by atoms with Crippen molar-refractivity contribution in [3.63, 3.8) is 0 Å². The number of pyridine rings is 1. The van der Waals surface area contributed by atoms with Crippen LogP contribution in [0.5, 0.6) is 0 Å². The molecule has 0 aliphatic carbocycles. The topological polar surface area (TPSA) is 16.1 Å². The van der Waals surface area contributed by atoms with Crippen molar-refractivity contribution in [3.8, 4) is 22.3 Å². The molecule has 0 radical (unpaired) electrons. The predicted octanol–water partition coefficient (Wildman–Crippen LogP) is 6.04. The second-order valence-electron chi connectivity index (χ2n) is 6.83. The van der Waals surface area contributed by atoms with Crippen LogP contribution < -0.4 is 0 Å². The summed E-state index contributed by atoms with van der Waals surface area (Å²) >= 11 is 0. The summed E-state index contributed by atoms with van der Waals surface area (Å²) in [5.74, 6) is 0. The Bertz CT molecular complexity index is 921. The van der Waals surface area contributed by atoms with E-state index in [1.165, 1.54) is 42.6 Å². The SMILES string of the molecule is C(/C=C/N1CCCC1)=C\c1cc(-c2ccccc2)c(-c2ccccc2)cn1. The monoisotopic (exact) mass is 352 g/mol. The van der Waals surface area contributed by atoms with Gasteiger partial charge in [0, 0.05) is 24.8 Å². The van der Waals surface area contributed by atoms with Crippen LogP contribution in [0, 0.1) is 0 Å².